The van der Waals surface area contributed by atoms with Gasteiger partial charge in [0.05, 0.1) is 11.8 Å². The smallest absolute Gasteiger partial charge is 0.212 e. The predicted octanol–water partition coefficient (Wildman–Crippen LogP) is 1.69. The van der Waals surface area contributed by atoms with Gasteiger partial charge in [-0.1, -0.05) is 37.3 Å². The Kier molecular flexibility index (Phi) is 5.04. The van der Waals surface area contributed by atoms with E-state index in [4.69, 9.17) is 0 Å². The molecule has 0 aliphatic rings. The van der Waals surface area contributed by atoms with E-state index in [2.05, 4.69) is 4.72 Å². The molecule has 18 heavy (non-hydrogen) atoms. The number of ketones is 1. The molecule has 0 heterocycles. The number of sulfonamides is 1. The standard InChI is InChI=1S/C13H19NO3S/c1-10(13-7-5-4-6-8-13)9-18(16,17)14-11(2)12(3)15/h4-8,10-11,14H,9H2,1-3H3. The maximum absolute atomic E-state index is 11.9. The van der Waals surface area contributed by atoms with Gasteiger partial charge in [0.15, 0.2) is 0 Å². The number of rotatable bonds is 6. The Labute approximate surface area is 108 Å². The molecule has 0 spiro atoms. The summed E-state index contributed by atoms with van der Waals surface area (Å²) >= 11 is 0. The average molecular weight is 269 g/mol. The molecule has 4 nitrogen and oxygen atoms in total. The van der Waals surface area contributed by atoms with Gasteiger partial charge in [-0.05, 0) is 25.3 Å². The molecular weight excluding hydrogens is 250 g/mol. The fourth-order valence-electron chi connectivity index (χ4n) is 1.61. The lowest BCUT2D eigenvalue weighted by Gasteiger charge is -2.15. The Bertz CT molecular complexity index is 496. The summed E-state index contributed by atoms with van der Waals surface area (Å²) in [4.78, 5) is 11.1. The molecule has 100 valence electrons. The van der Waals surface area contributed by atoms with Crippen molar-refractivity contribution in [2.24, 2.45) is 0 Å². The minimum atomic E-state index is -3.44. The van der Waals surface area contributed by atoms with Gasteiger partial charge >= 0.3 is 0 Å². The monoisotopic (exact) mass is 269 g/mol. The summed E-state index contributed by atoms with van der Waals surface area (Å²) in [6.07, 6.45) is 0. The van der Waals surface area contributed by atoms with Crippen molar-refractivity contribution < 1.29 is 13.2 Å². The first-order valence-electron chi connectivity index (χ1n) is 5.87. The second-order valence-electron chi connectivity index (χ2n) is 4.54. The molecule has 0 aliphatic carbocycles. The van der Waals surface area contributed by atoms with Gasteiger partial charge in [0.1, 0.15) is 5.78 Å². The molecule has 1 rings (SSSR count). The fourth-order valence-corrected chi connectivity index (χ4v) is 3.26. The van der Waals surface area contributed by atoms with Gasteiger partial charge in [0, 0.05) is 0 Å². The minimum absolute atomic E-state index is 0.0192. The van der Waals surface area contributed by atoms with Crippen LogP contribution in [0, 0.1) is 0 Å². The van der Waals surface area contributed by atoms with E-state index in [1.807, 2.05) is 37.3 Å². The van der Waals surface area contributed by atoms with E-state index in [0.29, 0.717) is 0 Å². The lowest BCUT2D eigenvalue weighted by atomic mass is 10.0. The molecule has 0 saturated carbocycles. The summed E-state index contributed by atoms with van der Waals surface area (Å²) in [7, 11) is -3.44. The largest absolute Gasteiger partial charge is 0.298 e. The average Bonchev–Trinajstić information content (AvgIpc) is 2.28. The van der Waals surface area contributed by atoms with Crippen molar-refractivity contribution in [3.05, 3.63) is 35.9 Å². The van der Waals surface area contributed by atoms with Crippen LogP contribution in [0.5, 0.6) is 0 Å². The van der Waals surface area contributed by atoms with E-state index in [1.54, 1.807) is 6.92 Å². The van der Waals surface area contributed by atoms with Crippen LogP contribution in [0.3, 0.4) is 0 Å². The molecule has 1 aromatic carbocycles. The zero-order chi connectivity index (χ0) is 13.8. The van der Waals surface area contributed by atoms with Gasteiger partial charge < -0.3 is 0 Å². The van der Waals surface area contributed by atoms with E-state index in [-0.39, 0.29) is 17.5 Å². The lowest BCUT2D eigenvalue weighted by molar-refractivity contribution is -0.118. The third kappa shape index (κ3) is 4.58. The highest BCUT2D eigenvalue weighted by Gasteiger charge is 2.20. The highest BCUT2D eigenvalue weighted by molar-refractivity contribution is 7.89. The summed E-state index contributed by atoms with van der Waals surface area (Å²) in [6, 6.07) is 8.77. The number of hydrogen-bond donors (Lipinski definition) is 1. The van der Waals surface area contributed by atoms with Gasteiger partial charge in [-0.15, -0.1) is 0 Å². The van der Waals surface area contributed by atoms with E-state index in [0.717, 1.165) is 5.56 Å². The number of carbonyl (C=O) groups excluding carboxylic acids is 1. The van der Waals surface area contributed by atoms with Crippen LogP contribution in [-0.4, -0.2) is 26.0 Å². The second-order valence-corrected chi connectivity index (χ2v) is 6.34. The van der Waals surface area contributed by atoms with Crippen LogP contribution in [0.2, 0.25) is 0 Å². The Balaban J connectivity index is 2.69. The van der Waals surface area contributed by atoms with Crippen LogP contribution in [0.1, 0.15) is 32.3 Å². The molecule has 0 aromatic heterocycles. The number of carbonyl (C=O) groups is 1. The number of benzene rings is 1. The van der Waals surface area contributed by atoms with Crippen molar-refractivity contribution in [1.29, 1.82) is 0 Å². The molecule has 1 N–H and O–H groups in total. The summed E-state index contributed by atoms with van der Waals surface area (Å²) in [5, 5.41) is 0. The van der Waals surface area contributed by atoms with Gasteiger partial charge in [-0.25, -0.2) is 13.1 Å². The molecule has 0 bridgehead atoms. The van der Waals surface area contributed by atoms with Crippen LogP contribution >= 0.6 is 0 Å². The van der Waals surface area contributed by atoms with Crippen molar-refractivity contribution in [3.8, 4) is 0 Å². The van der Waals surface area contributed by atoms with E-state index >= 15 is 0 Å². The van der Waals surface area contributed by atoms with E-state index in [1.165, 1.54) is 6.92 Å². The SMILES string of the molecule is CC(=O)C(C)NS(=O)(=O)CC(C)c1ccccc1. The molecular formula is C13H19NO3S. The van der Waals surface area contributed by atoms with Crippen LogP contribution in [0.25, 0.3) is 0 Å². The third-order valence-corrected chi connectivity index (χ3v) is 4.46. The van der Waals surface area contributed by atoms with E-state index in [9.17, 15) is 13.2 Å². The van der Waals surface area contributed by atoms with Crippen LogP contribution < -0.4 is 4.72 Å². The van der Waals surface area contributed by atoms with Gasteiger partial charge in [0.2, 0.25) is 10.0 Å². The first-order valence-corrected chi connectivity index (χ1v) is 7.52. The highest BCUT2D eigenvalue weighted by Crippen LogP contribution is 2.16. The fraction of sp³-hybridized carbons (Fsp3) is 0.462. The Hall–Kier alpha value is -1.20. The summed E-state index contributed by atoms with van der Waals surface area (Å²) in [6.45, 7) is 4.77. The number of hydrogen-bond acceptors (Lipinski definition) is 3. The zero-order valence-electron chi connectivity index (χ0n) is 10.9. The molecule has 5 heteroatoms. The molecule has 2 unspecified atom stereocenters. The maximum atomic E-state index is 11.9. The van der Waals surface area contributed by atoms with Crippen LogP contribution in [0.4, 0.5) is 0 Å². The molecule has 1 aromatic rings. The first kappa shape index (κ1) is 14.9. The third-order valence-electron chi connectivity index (χ3n) is 2.80. The molecule has 0 saturated heterocycles. The molecule has 2 atom stereocenters. The van der Waals surface area contributed by atoms with Crippen LogP contribution in [0.15, 0.2) is 30.3 Å². The summed E-state index contributed by atoms with van der Waals surface area (Å²) in [5.41, 5.74) is 0.971. The van der Waals surface area contributed by atoms with Crippen molar-refractivity contribution in [1.82, 2.24) is 4.72 Å². The van der Waals surface area contributed by atoms with Crippen LogP contribution in [-0.2, 0) is 14.8 Å². The van der Waals surface area contributed by atoms with Gasteiger partial charge in [0.25, 0.3) is 0 Å². The Morgan fingerprint density at radius 2 is 1.78 bits per heavy atom. The predicted molar refractivity (Wildman–Crippen MR) is 71.9 cm³/mol. The van der Waals surface area contributed by atoms with Crippen molar-refractivity contribution in [2.75, 3.05) is 5.75 Å². The van der Waals surface area contributed by atoms with Crippen molar-refractivity contribution >= 4 is 15.8 Å². The summed E-state index contributed by atoms with van der Waals surface area (Å²) in [5.74, 6) is -0.317. The van der Waals surface area contributed by atoms with Crippen molar-refractivity contribution in [3.63, 3.8) is 0 Å². The molecule has 0 fully saturated rings. The second kappa shape index (κ2) is 6.11. The van der Waals surface area contributed by atoms with Crippen molar-refractivity contribution in [2.45, 2.75) is 32.7 Å². The number of Topliss-reactive ketones (excluding diaryl/α,β-unsaturated/α-hetero) is 1. The first-order chi connectivity index (χ1) is 8.32. The van der Waals surface area contributed by atoms with Gasteiger partial charge in [-0.2, -0.15) is 0 Å². The summed E-state index contributed by atoms with van der Waals surface area (Å²) < 4.78 is 26.1. The quantitative estimate of drug-likeness (QED) is 0.854. The maximum Gasteiger partial charge on any atom is 0.212 e. The Morgan fingerprint density at radius 3 is 2.28 bits per heavy atom. The normalized spacial score (nSPS) is 15.1. The minimum Gasteiger partial charge on any atom is -0.298 e. The van der Waals surface area contributed by atoms with E-state index < -0.39 is 16.1 Å². The Morgan fingerprint density at radius 1 is 1.22 bits per heavy atom. The van der Waals surface area contributed by atoms with Gasteiger partial charge in [-0.3, -0.25) is 4.79 Å². The lowest BCUT2D eigenvalue weighted by Crippen LogP contribution is -2.39. The molecule has 0 aliphatic heterocycles. The highest BCUT2D eigenvalue weighted by atomic mass is 32.2. The topological polar surface area (TPSA) is 63.2 Å². The molecule has 0 radical (unpaired) electrons. The molecule has 0 amide bonds. The number of nitrogens with one attached hydrogen (secondary N) is 1. The zero-order valence-corrected chi connectivity index (χ0v) is 11.7.